The first-order valence-corrected chi connectivity index (χ1v) is 8.92. The van der Waals surface area contributed by atoms with E-state index in [2.05, 4.69) is 15.2 Å². The average Bonchev–Trinajstić information content (AvgIpc) is 2.68. The molecular weight excluding hydrogens is 296 g/mol. The maximum atomic E-state index is 12.4. The van der Waals surface area contributed by atoms with Gasteiger partial charge in [0.15, 0.2) is 5.84 Å². The molecule has 0 aliphatic heterocycles. The zero-order chi connectivity index (χ0) is 15.9. The molecule has 122 valence electrons. The molecule has 9 heteroatoms. The predicted octanol–water partition coefficient (Wildman–Crippen LogP) is -0.261. The summed E-state index contributed by atoms with van der Waals surface area (Å²) in [7, 11) is -3.28. The fourth-order valence-corrected chi connectivity index (χ4v) is 3.08. The third-order valence-corrected chi connectivity index (χ3v) is 4.49. The van der Waals surface area contributed by atoms with E-state index in [1.165, 1.54) is 0 Å². The van der Waals surface area contributed by atoms with Gasteiger partial charge in [-0.05, 0) is 12.8 Å². The van der Waals surface area contributed by atoms with Gasteiger partial charge in [0.05, 0.1) is 6.26 Å². The molecule has 1 aliphatic rings. The Morgan fingerprint density at radius 2 is 1.81 bits per heavy atom. The van der Waals surface area contributed by atoms with E-state index in [0.29, 0.717) is 12.8 Å². The second-order valence-corrected chi connectivity index (χ2v) is 7.24. The third kappa shape index (κ3) is 5.16. The summed E-state index contributed by atoms with van der Waals surface area (Å²) in [5.74, 6) is -0.382. The predicted molar refractivity (Wildman–Crippen MR) is 79.4 cm³/mol. The topological polar surface area (TPSA) is 134 Å². The molecule has 8 nitrogen and oxygen atoms in total. The van der Waals surface area contributed by atoms with E-state index in [1.807, 2.05) is 0 Å². The molecule has 0 unspecified atom stereocenters. The number of amidine groups is 1. The molecule has 1 fully saturated rings. The Hall–Kier alpha value is -1.35. The highest BCUT2D eigenvalue weighted by molar-refractivity contribution is 7.88. The van der Waals surface area contributed by atoms with Crippen LogP contribution >= 0.6 is 0 Å². The van der Waals surface area contributed by atoms with Crippen molar-refractivity contribution in [1.29, 1.82) is 0 Å². The molecule has 21 heavy (non-hydrogen) atoms. The van der Waals surface area contributed by atoms with Crippen LogP contribution in [0.1, 0.15) is 38.5 Å². The van der Waals surface area contributed by atoms with Crippen LogP contribution in [0.5, 0.6) is 0 Å². The van der Waals surface area contributed by atoms with Gasteiger partial charge in [-0.2, -0.15) is 0 Å². The smallest absolute Gasteiger partial charge is 0.234 e. The second-order valence-electron chi connectivity index (χ2n) is 5.40. The SMILES string of the molecule is CS(=O)(=O)NCCNC(=O)C1(C(N)=NO)CCCCCC1. The van der Waals surface area contributed by atoms with Crippen LogP contribution in [0.4, 0.5) is 0 Å². The maximum Gasteiger partial charge on any atom is 0.234 e. The van der Waals surface area contributed by atoms with Crippen molar-refractivity contribution < 1.29 is 18.4 Å². The van der Waals surface area contributed by atoms with Gasteiger partial charge < -0.3 is 16.3 Å². The highest BCUT2D eigenvalue weighted by Crippen LogP contribution is 2.35. The maximum absolute atomic E-state index is 12.4. The van der Waals surface area contributed by atoms with E-state index in [-0.39, 0.29) is 24.8 Å². The van der Waals surface area contributed by atoms with Crippen molar-refractivity contribution in [3.63, 3.8) is 0 Å². The molecule has 0 saturated heterocycles. The van der Waals surface area contributed by atoms with Gasteiger partial charge in [-0.15, -0.1) is 0 Å². The molecule has 0 heterocycles. The Morgan fingerprint density at radius 3 is 2.29 bits per heavy atom. The summed E-state index contributed by atoms with van der Waals surface area (Å²) in [6.45, 7) is 0.267. The van der Waals surface area contributed by atoms with Gasteiger partial charge in [-0.3, -0.25) is 4.79 Å². The van der Waals surface area contributed by atoms with Crippen LogP contribution in [-0.2, 0) is 14.8 Å². The number of hydrogen-bond acceptors (Lipinski definition) is 5. The summed E-state index contributed by atoms with van der Waals surface area (Å²) in [4.78, 5) is 12.4. The van der Waals surface area contributed by atoms with Gasteiger partial charge in [0.1, 0.15) is 5.41 Å². The van der Waals surface area contributed by atoms with Gasteiger partial charge >= 0.3 is 0 Å². The molecule has 0 bridgehead atoms. The molecule has 0 aromatic rings. The van der Waals surface area contributed by atoms with Crippen molar-refractivity contribution in [2.24, 2.45) is 16.3 Å². The van der Waals surface area contributed by atoms with Crippen LogP contribution < -0.4 is 15.8 Å². The lowest BCUT2D eigenvalue weighted by Gasteiger charge is -2.29. The number of oxime groups is 1. The Bertz CT molecular complexity index is 481. The molecule has 0 radical (unpaired) electrons. The second kappa shape index (κ2) is 7.60. The van der Waals surface area contributed by atoms with Gasteiger partial charge in [0, 0.05) is 13.1 Å². The minimum atomic E-state index is -3.28. The van der Waals surface area contributed by atoms with E-state index in [1.54, 1.807) is 0 Å². The van der Waals surface area contributed by atoms with Gasteiger partial charge in [-0.25, -0.2) is 13.1 Å². The Kier molecular flexibility index (Phi) is 6.41. The number of carbonyl (C=O) groups excluding carboxylic acids is 1. The van der Waals surface area contributed by atoms with Crippen LogP contribution in [0.3, 0.4) is 0 Å². The Balaban J connectivity index is 2.68. The number of amides is 1. The summed E-state index contributed by atoms with van der Waals surface area (Å²) in [5, 5.41) is 14.7. The first-order valence-electron chi connectivity index (χ1n) is 7.03. The van der Waals surface area contributed by atoms with Gasteiger partial charge in [-0.1, -0.05) is 30.8 Å². The molecule has 1 rings (SSSR count). The van der Waals surface area contributed by atoms with Crippen molar-refractivity contribution >= 4 is 21.8 Å². The Morgan fingerprint density at radius 1 is 1.24 bits per heavy atom. The van der Waals surface area contributed by atoms with Gasteiger partial charge in [0.25, 0.3) is 0 Å². The number of nitrogens with two attached hydrogens (primary N) is 1. The average molecular weight is 320 g/mol. The number of nitrogens with zero attached hydrogens (tertiary/aromatic N) is 1. The largest absolute Gasteiger partial charge is 0.409 e. The van der Waals surface area contributed by atoms with Crippen molar-refractivity contribution in [2.75, 3.05) is 19.3 Å². The minimum Gasteiger partial charge on any atom is -0.409 e. The number of rotatable bonds is 6. The minimum absolute atomic E-state index is 0.0713. The van der Waals surface area contributed by atoms with E-state index in [4.69, 9.17) is 10.9 Å². The van der Waals surface area contributed by atoms with Crippen LogP contribution in [-0.4, -0.2) is 44.7 Å². The zero-order valence-electron chi connectivity index (χ0n) is 12.3. The molecule has 1 aliphatic carbocycles. The van der Waals surface area contributed by atoms with Crippen molar-refractivity contribution in [3.8, 4) is 0 Å². The van der Waals surface area contributed by atoms with Gasteiger partial charge in [0.2, 0.25) is 15.9 Å². The quantitative estimate of drug-likeness (QED) is 0.134. The standard InChI is InChI=1S/C12H24N4O4S/c1-21(19,20)15-9-8-14-11(17)12(10(13)16-18)6-4-2-3-5-7-12/h15,18H,2-9H2,1H3,(H2,13,16)(H,14,17). The van der Waals surface area contributed by atoms with Crippen LogP contribution in [0.2, 0.25) is 0 Å². The number of sulfonamides is 1. The lowest BCUT2D eigenvalue weighted by Crippen LogP contribution is -2.50. The molecule has 0 atom stereocenters. The summed E-state index contributed by atoms with van der Waals surface area (Å²) < 4.78 is 24.2. The molecule has 0 spiro atoms. The van der Waals surface area contributed by atoms with E-state index in [0.717, 1.165) is 31.9 Å². The zero-order valence-corrected chi connectivity index (χ0v) is 13.1. The Labute approximate surface area is 125 Å². The van der Waals surface area contributed by atoms with E-state index >= 15 is 0 Å². The first kappa shape index (κ1) is 17.7. The lowest BCUT2D eigenvalue weighted by atomic mass is 9.78. The lowest BCUT2D eigenvalue weighted by molar-refractivity contribution is -0.128. The summed E-state index contributed by atoms with van der Waals surface area (Å²) >= 11 is 0. The highest BCUT2D eigenvalue weighted by Gasteiger charge is 2.42. The molecular formula is C12H24N4O4S. The summed E-state index contributed by atoms with van der Waals surface area (Å²) in [5.41, 5.74) is 4.76. The fraction of sp³-hybridized carbons (Fsp3) is 0.833. The fourth-order valence-electron chi connectivity index (χ4n) is 2.61. The molecule has 5 N–H and O–H groups in total. The molecule has 0 aromatic heterocycles. The summed E-state index contributed by atoms with van der Waals surface area (Å²) in [6, 6.07) is 0. The number of carbonyl (C=O) groups is 1. The first-order chi connectivity index (χ1) is 9.82. The number of nitrogens with one attached hydrogen (secondary N) is 2. The van der Waals surface area contributed by atoms with Crippen molar-refractivity contribution in [2.45, 2.75) is 38.5 Å². The summed E-state index contributed by atoms with van der Waals surface area (Å²) in [6.07, 6.45) is 5.84. The van der Waals surface area contributed by atoms with Crippen LogP contribution in [0.25, 0.3) is 0 Å². The normalized spacial score (nSPS) is 19.8. The molecule has 0 aromatic carbocycles. The third-order valence-electron chi connectivity index (χ3n) is 3.76. The van der Waals surface area contributed by atoms with Crippen molar-refractivity contribution in [1.82, 2.24) is 10.0 Å². The molecule has 1 saturated carbocycles. The van der Waals surface area contributed by atoms with Crippen LogP contribution in [0, 0.1) is 5.41 Å². The van der Waals surface area contributed by atoms with E-state index < -0.39 is 15.4 Å². The monoisotopic (exact) mass is 320 g/mol. The van der Waals surface area contributed by atoms with Crippen LogP contribution in [0.15, 0.2) is 5.16 Å². The van der Waals surface area contributed by atoms with E-state index in [9.17, 15) is 13.2 Å². The van der Waals surface area contributed by atoms with Crippen molar-refractivity contribution in [3.05, 3.63) is 0 Å². The highest BCUT2D eigenvalue weighted by atomic mass is 32.2. The molecule has 1 amide bonds. The number of hydrogen-bond donors (Lipinski definition) is 4.